The standard InChI is InChI=1S/C34H43F3N4O6S/c1-23-5-8-26(16-32(23)42)15-29-20-38(9-10-39-13-14-47-30(21-39)22-46-4)11-12-40(29)33(43)27-17-28(34(35,36)37)19-31(18-27)48(44,45)41-24(2)6-7-25(41)3/h5-8,16-19,29-30,42H,9-15,20-22H2,1-4H3/t29-,30+/m1/s1. The van der Waals surface area contributed by atoms with E-state index in [-0.39, 0.29) is 24.0 Å². The summed E-state index contributed by atoms with van der Waals surface area (Å²) in [4.78, 5) is 19.6. The molecule has 14 heteroatoms. The molecule has 48 heavy (non-hydrogen) atoms. The molecule has 10 nitrogen and oxygen atoms in total. The Bertz CT molecular complexity index is 1710. The van der Waals surface area contributed by atoms with Crippen LogP contribution >= 0.6 is 0 Å². The number of alkyl halides is 3. The Kier molecular flexibility index (Phi) is 10.9. The third kappa shape index (κ3) is 8.05. The number of carbonyl (C=O) groups excluding carboxylic acids is 1. The van der Waals surface area contributed by atoms with E-state index in [1.807, 2.05) is 6.07 Å². The number of benzene rings is 2. The molecule has 5 rings (SSSR count). The monoisotopic (exact) mass is 692 g/mol. The Labute approximate surface area is 279 Å². The fourth-order valence-electron chi connectivity index (χ4n) is 6.51. The Morgan fingerprint density at radius 2 is 1.65 bits per heavy atom. The number of halogens is 3. The van der Waals surface area contributed by atoms with E-state index in [0.717, 1.165) is 41.3 Å². The number of aromatic hydroxyl groups is 1. The lowest BCUT2D eigenvalue weighted by molar-refractivity contribution is -0.137. The third-order valence-corrected chi connectivity index (χ3v) is 11.0. The van der Waals surface area contributed by atoms with E-state index in [2.05, 4.69) is 9.80 Å². The van der Waals surface area contributed by atoms with Crippen LogP contribution in [0.5, 0.6) is 5.75 Å². The zero-order valence-corrected chi connectivity index (χ0v) is 28.5. The van der Waals surface area contributed by atoms with E-state index >= 15 is 0 Å². The second kappa shape index (κ2) is 14.6. The van der Waals surface area contributed by atoms with Crippen molar-refractivity contribution in [2.75, 3.05) is 66.1 Å². The number of amides is 1. The van der Waals surface area contributed by atoms with Crippen LogP contribution in [0.3, 0.4) is 0 Å². The number of phenolic OH excluding ortho intramolecular Hbond substituents is 1. The average Bonchev–Trinajstić information content (AvgIpc) is 3.39. The first-order valence-corrected chi connectivity index (χ1v) is 17.4. The fourth-order valence-corrected chi connectivity index (χ4v) is 8.15. The van der Waals surface area contributed by atoms with Crippen LogP contribution in [0, 0.1) is 20.8 Å². The van der Waals surface area contributed by atoms with Gasteiger partial charge in [0.15, 0.2) is 0 Å². The van der Waals surface area contributed by atoms with Gasteiger partial charge in [-0.3, -0.25) is 14.6 Å². The van der Waals surface area contributed by atoms with Crippen LogP contribution < -0.4 is 0 Å². The van der Waals surface area contributed by atoms with Crippen LogP contribution in [0.2, 0.25) is 0 Å². The zero-order valence-electron chi connectivity index (χ0n) is 27.7. The predicted molar refractivity (Wildman–Crippen MR) is 174 cm³/mol. The number of piperazine rings is 1. The molecule has 0 spiro atoms. The van der Waals surface area contributed by atoms with Crippen LogP contribution in [0.25, 0.3) is 0 Å². The minimum absolute atomic E-state index is 0.00769. The first-order valence-electron chi connectivity index (χ1n) is 15.9. The third-order valence-electron chi connectivity index (χ3n) is 9.11. The maximum absolute atomic E-state index is 14.2. The molecule has 2 atom stereocenters. The number of aromatic nitrogens is 1. The van der Waals surface area contributed by atoms with Gasteiger partial charge in [0.05, 0.1) is 29.8 Å². The number of nitrogens with zero attached hydrogens (tertiary/aromatic N) is 4. The Hall–Kier alpha value is -3.43. The first kappa shape index (κ1) is 35.9. The van der Waals surface area contributed by atoms with Crippen LogP contribution in [0.1, 0.15) is 38.4 Å². The lowest BCUT2D eigenvalue weighted by Crippen LogP contribution is -2.57. The molecular formula is C34H43F3N4O6S. The van der Waals surface area contributed by atoms with Crippen molar-refractivity contribution in [3.8, 4) is 5.75 Å². The van der Waals surface area contributed by atoms with Crippen molar-refractivity contribution < 1.29 is 41.0 Å². The highest BCUT2D eigenvalue weighted by Gasteiger charge is 2.37. The average molecular weight is 693 g/mol. The maximum Gasteiger partial charge on any atom is 0.416 e. The maximum atomic E-state index is 14.2. The topological polar surface area (TPSA) is 105 Å². The van der Waals surface area contributed by atoms with E-state index < -0.39 is 38.6 Å². The number of rotatable bonds is 10. The number of hydrogen-bond donors (Lipinski definition) is 1. The smallest absolute Gasteiger partial charge is 0.416 e. The van der Waals surface area contributed by atoms with Gasteiger partial charge < -0.3 is 19.5 Å². The number of hydrogen-bond acceptors (Lipinski definition) is 8. The second-order valence-corrected chi connectivity index (χ2v) is 14.4. The van der Waals surface area contributed by atoms with Crippen molar-refractivity contribution in [2.45, 2.75) is 50.4 Å². The summed E-state index contributed by atoms with van der Waals surface area (Å²) >= 11 is 0. The van der Waals surface area contributed by atoms with Gasteiger partial charge in [-0.25, -0.2) is 12.4 Å². The van der Waals surface area contributed by atoms with Crippen molar-refractivity contribution in [1.29, 1.82) is 0 Å². The molecule has 1 amide bonds. The van der Waals surface area contributed by atoms with Gasteiger partial charge in [-0.05, 0) is 74.7 Å². The summed E-state index contributed by atoms with van der Waals surface area (Å²) in [7, 11) is -2.80. The van der Waals surface area contributed by atoms with E-state index in [9.17, 15) is 31.5 Å². The highest BCUT2D eigenvalue weighted by molar-refractivity contribution is 7.90. The van der Waals surface area contributed by atoms with Gasteiger partial charge in [-0.2, -0.15) is 13.2 Å². The largest absolute Gasteiger partial charge is 0.508 e. The molecule has 0 unspecified atom stereocenters. The van der Waals surface area contributed by atoms with Crippen LogP contribution in [-0.4, -0.2) is 116 Å². The lowest BCUT2D eigenvalue weighted by Gasteiger charge is -2.43. The summed E-state index contributed by atoms with van der Waals surface area (Å²) in [6.45, 7) is 10.1. The number of carbonyl (C=O) groups is 1. The molecule has 0 bridgehead atoms. The molecule has 2 aliphatic heterocycles. The highest BCUT2D eigenvalue weighted by atomic mass is 32.2. The number of ether oxygens (including phenoxy) is 2. The minimum atomic E-state index is -4.89. The van der Waals surface area contributed by atoms with E-state index in [0.29, 0.717) is 62.3 Å². The molecule has 3 aromatic rings. The van der Waals surface area contributed by atoms with Gasteiger partial charge in [-0.1, -0.05) is 12.1 Å². The summed E-state index contributed by atoms with van der Waals surface area (Å²) in [5, 5.41) is 10.4. The molecule has 3 heterocycles. The van der Waals surface area contributed by atoms with Gasteiger partial charge >= 0.3 is 6.18 Å². The molecule has 1 aromatic heterocycles. The predicted octanol–water partition coefficient (Wildman–Crippen LogP) is 4.09. The van der Waals surface area contributed by atoms with E-state index in [4.69, 9.17) is 9.47 Å². The van der Waals surface area contributed by atoms with Crippen molar-refractivity contribution in [2.24, 2.45) is 0 Å². The van der Waals surface area contributed by atoms with Crippen molar-refractivity contribution in [3.05, 3.63) is 82.2 Å². The van der Waals surface area contributed by atoms with E-state index in [1.165, 1.54) is 4.90 Å². The molecule has 0 saturated carbocycles. The molecule has 1 N–H and O–H groups in total. The Morgan fingerprint density at radius 3 is 2.29 bits per heavy atom. The molecular weight excluding hydrogens is 649 g/mol. The van der Waals surface area contributed by atoms with Gasteiger partial charge in [0, 0.05) is 75.9 Å². The van der Waals surface area contributed by atoms with Gasteiger partial charge in [0.1, 0.15) is 5.75 Å². The summed E-state index contributed by atoms with van der Waals surface area (Å²) in [5.74, 6) is -0.575. The van der Waals surface area contributed by atoms with Gasteiger partial charge in [0.25, 0.3) is 15.9 Å². The highest BCUT2D eigenvalue weighted by Crippen LogP contribution is 2.34. The quantitative estimate of drug-likeness (QED) is 0.339. The van der Waals surface area contributed by atoms with Crippen molar-refractivity contribution in [3.63, 3.8) is 0 Å². The number of phenols is 1. The first-order chi connectivity index (χ1) is 22.7. The lowest BCUT2D eigenvalue weighted by atomic mass is 9.99. The van der Waals surface area contributed by atoms with Crippen LogP contribution in [-0.2, 0) is 32.1 Å². The molecule has 0 radical (unpaired) electrons. The normalized spacial score (nSPS) is 19.9. The summed E-state index contributed by atoms with van der Waals surface area (Å²) in [6.07, 6.45) is -4.55. The van der Waals surface area contributed by atoms with Crippen molar-refractivity contribution in [1.82, 2.24) is 18.7 Å². The summed E-state index contributed by atoms with van der Waals surface area (Å²) in [5.41, 5.74) is 0.562. The molecule has 2 aromatic carbocycles. The summed E-state index contributed by atoms with van der Waals surface area (Å²) in [6, 6.07) is 10.3. The number of aryl methyl sites for hydroxylation is 3. The zero-order chi connectivity index (χ0) is 34.8. The molecule has 2 aliphatic rings. The van der Waals surface area contributed by atoms with Crippen LogP contribution in [0.15, 0.2) is 53.4 Å². The number of morpholine rings is 1. The van der Waals surface area contributed by atoms with E-state index in [1.54, 1.807) is 52.1 Å². The Morgan fingerprint density at radius 1 is 0.958 bits per heavy atom. The van der Waals surface area contributed by atoms with Crippen molar-refractivity contribution >= 4 is 15.9 Å². The van der Waals surface area contributed by atoms with Gasteiger partial charge in [-0.15, -0.1) is 0 Å². The summed E-state index contributed by atoms with van der Waals surface area (Å²) < 4.78 is 81.8. The second-order valence-electron chi connectivity index (χ2n) is 12.7. The molecule has 0 aliphatic carbocycles. The fraction of sp³-hybridized carbons (Fsp3) is 0.500. The molecule has 262 valence electrons. The number of methoxy groups -OCH3 is 1. The molecule has 2 fully saturated rings. The SMILES string of the molecule is COC[C@@H]1CN(CCN2CCN(C(=O)c3cc(C(F)(F)F)cc(S(=O)(=O)n4c(C)ccc4C)c3)[C@H](Cc3ccc(C)c(O)c3)C2)CCO1. The van der Waals surface area contributed by atoms with Gasteiger partial charge in [0.2, 0.25) is 0 Å². The van der Waals surface area contributed by atoms with Crippen LogP contribution in [0.4, 0.5) is 13.2 Å². The Balaban J connectivity index is 1.44. The minimum Gasteiger partial charge on any atom is -0.508 e. The molecule has 2 saturated heterocycles.